The highest BCUT2D eigenvalue weighted by molar-refractivity contribution is 5.47. The van der Waals surface area contributed by atoms with Gasteiger partial charge in [-0.25, -0.2) is 0 Å². The standard InChI is InChI=1S/C31H48O4/c1-8-31(9-2,26-14-12-25(23(3)20-26)13-17-29(33)30(5,6)7)27-15-16-28(24(4)21-27)35-19-11-10-18-34-22-32/h12,14-16,20-21,29,32-33H,8-11,13,17-19,22H2,1-7H3. The topological polar surface area (TPSA) is 58.9 Å². The molecule has 2 aromatic carbocycles. The van der Waals surface area contributed by atoms with E-state index in [1.54, 1.807) is 0 Å². The molecular formula is C31H48O4. The number of ether oxygens (including phenoxy) is 2. The van der Waals surface area contributed by atoms with Crippen molar-refractivity contribution in [1.29, 1.82) is 0 Å². The van der Waals surface area contributed by atoms with Crippen molar-refractivity contribution in [1.82, 2.24) is 0 Å². The number of aliphatic hydroxyl groups is 2. The molecule has 0 heterocycles. The molecule has 196 valence electrons. The van der Waals surface area contributed by atoms with Gasteiger partial charge in [0.25, 0.3) is 0 Å². The van der Waals surface area contributed by atoms with Gasteiger partial charge in [-0.15, -0.1) is 0 Å². The van der Waals surface area contributed by atoms with Crippen molar-refractivity contribution in [3.05, 3.63) is 64.2 Å². The van der Waals surface area contributed by atoms with Crippen LogP contribution in [0.3, 0.4) is 0 Å². The van der Waals surface area contributed by atoms with Crippen molar-refractivity contribution in [3.63, 3.8) is 0 Å². The lowest BCUT2D eigenvalue weighted by molar-refractivity contribution is -0.00350. The minimum atomic E-state index is -0.301. The van der Waals surface area contributed by atoms with Crippen LogP contribution in [-0.4, -0.2) is 36.3 Å². The number of hydrogen-bond acceptors (Lipinski definition) is 4. The summed E-state index contributed by atoms with van der Waals surface area (Å²) in [6.45, 7) is 16.1. The molecule has 0 fully saturated rings. The second kappa shape index (κ2) is 13.4. The highest BCUT2D eigenvalue weighted by Gasteiger charge is 2.31. The van der Waals surface area contributed by atoms with E-state index < -0.39 is 0 Å². The molecule has 1 unspecified atom stereocenters. The molecule has 0 aromatic heterocycles. The maximum Gasteiger partial charge on any atom is 0.143 e. The van der Waals surface area contributed by atoms with E-state index in [0.717, 1.165) is 49.8 Å². The summed E-state index contributed by atoms with van der Waals surface area (Å²) in [5.41, 5.74) is 6.34. The Balaban J connectivity index is 2.19. The third-order valence-electron chi connectivity index (χ3n) is 7.55. The van der Waals surface area contributed by atoms with Crippen LogP contribution in [0.4, 0.5) is 0 Å². The Morgan fingerprint density at radius 3 is 2.00 bits per heavy atom. The van der Waals surface area contributed by atoms with Gasteiger partial charge in [-0.05, 0) is 91.7 Å². The zero-order valence-electron chi connectivity index (χ0n) is 23.1. The Hall–Kier alpha value is -1.88. The summed E-state index contributed by atoms with van der Waals surface area (Å²) in [5.74, 6) is 0.932. The fraction of sp³-hybridized carbons (Fsp3) is 0.613. The molecule has 0 aliphatic heterocycles. The first-order valence-electron chi connectivity index (χ1n) is 13.3. The number of rotatable bonds is 14. The first-order valence-corrected chi connectivity index (χ1v) is 13.3. The van der Waals surface area contributed by atoms with Crippen LogP contribution in [0.1, 0.15) is 94.5 Å². The van der Waals surface area contributed by atoms with E-state index in [0.29, 0.717) is 13.2 Å². The fourth-order valence-corrected chi connectivity index (χ4v) is 4.89. The monoisotopic (exact) mass is 484 g/mol. The average Bonchev–Trinajstić information content (AvgIpc) is 2.82. The van der Waals surface area contributed by atoms with E-state index in [9.17, 15) is 5.11 Å². The molecule has 4 heteroatoms. The number of hydrogen-bond donors (Lipinski definition) is 2. The maximum atomic E-state index is 10.5. The van der Waals surface area contributed by atoms with E-state index in [1.165, 1.54) is 22.3 Å². The zero-order valence-corrected chi connectivity index (χ0v) is 23.1. The molecule has 0 saturated carbocycles. The highest BCUT2D eigenvalue weighted by Crippen LogP contribution is 2.41. The largest absolute Gasteiger partial charge is 0.493 e. The van der Waals surface area contributed by atoms with Gasteiger partial charge in [-0.3, -0.25) is 0 Å². The molecule has 0 bridgehead atoms. The maximum absolute atomic E-state index is 10.5. The smallest absolute Gasteiger partial charge is 0.143 e. The van der Waals surface area contributed by atoms with Gasteiger partial charge >= 0.3 is 0 Å². The van der Waals surface area contributed by atoms with E-state index in [-0.39, 0.29) is 23.7 Å². The normalized spacial score (nSPS) is 13.2. The summed E-state index contributed by atoms with van der Waals surface area (Å²) in [4.78, 5) is 0. The van der Waals surface area contributed by atoms with E-state index in [1.807, 2.05) is 0 Å². The molecule has 2 rings (SSSR count). The Morgan fingerprint density at radius 2 is 1.46 bits per heavy atom. The van der Waals surface area contributed by atoms with Crippen LogP contribution in [0, 0.1) is 19.3 Å². The van der Waals surface area contributed by atoms with Crippen LogP contribution < -0.4 is 4.74 Å². The van der Waals surface area contributed by atoms with Crippen LogP contribution in [0.2, 0.25) is 0 Å². The summed E-state index contributed by atoms with van der Waals surface area (Å²) < 4.78 is 11.0. The Kier molecular flexibility index (Phi) is 11.3. The van der Waals surface area contributed by atoms with Crippen molar-refractivity contribution >= 4 is 0 Å². The minimum Gasteiger partial charge on any atom is -0.493 e. The van der Waals surface area contributed by atoms with Crippen molar-refractivity contribution in [2.45, 2.75) is 98.5 Å². The summed E-state index contributed by atoms with van der Waals surface area (Å²) in [5, 5.41) is 19.2. The third kappa shape index (κ3) is 7.80. The van der Waals surface area contributed by atoms with Gasteiger partial charge in [0, 0.05) is 12.0 Å². The number of aliphatic hydroxyl groups excluding tert-OH is 2. The van der Waals surface area contributed by atoms with E-state index in [4.69, 9.17) is 14.6 Å². The van der Waals surface area contributed by atoms with Gasteiger partial charge in [0.15, 0.2) is 0 Å². The Morgan fingerprint density at radius 1 is 0.857 bits per heavy atom. The molecule has 1 atom stereocenters. The van der Waals surface area contributed by atoms with E-state index in [2.05, 4.69) is 84.9 Å². The number of aryl methyl sites for hydroxylation is 3. The lowest BCUT2D eigenvalue weighted by atomic mass is 9.69. The third-order valence-corrected chi connectivity index (χ3v) is 7.55. The molecule has 0 amide bonds. The molecule has 4 nitrogen and oxygen atoms in total. The molecule has 0 aliphatic carbocycles. The summed E-state index contributed by atoms with van der Waals surface area (Å²) in [6.07, 6.45) is 5.19. The van der Waals surface area contributed by atoms with Crippen LogP contribution in [0.5, 0.6) is 5.75 Å². The second-order valence-corrected chi connectivity index (χ2v) is 10.9. The molecule has 0 saturated heterocycles. The Labute approximate surface area is 213 Å². The van der Waals surface area contributed by atoms with Gasteiger partial charge in [-0.1, -0.05) is 65.0 Å². The molecular weight excluding hydrogens is 436 g/mol. The van der Waals surface area contributed by atoms with Gasteiger partial charge < -0.3 is 19.7 Å². The van der Waals surface area contributed by atoms with Crippen LogP contribution >= 0.6 is 0 Å². The molecule has 2 N–H and O–H groups in total. The predicted molar refractivity (Wildman–Crippen MR) is 145 cm³/mol. The second-order valence-electron chi connectivity index (χ2n) is 10.9. The minimum absolute atomic E-state index is 0.0425. The lowest BCUT2D eigenvalue weighted by Gasteiger charge is -2.34. The SMILES string of the molecule is CCC(CC)(c1ccc(CCC(O)C(C)(C)C)c(C)c1)c1ccc(OCCCCOCO)c(C)c1. The molecule has 0 radical (unpaired) electrons. The highest BCUT2D eigenvalue weighted by atomic mass is 16.6. The van der Waals surface area contributed by atoms with Crippen molar-refractivity contribution in [3.8, 4) is 5.75 Å². The van der Waals surface area contributed by atoms with Gasteiger partial charge in [-0.2, -0.15) is 0 Å². The van der Waals surface area contributed by atoms with Crippen LogP contribution in [0.15, 0.2) is 36.4 Å². The van der Waals surface area contributed by atoms with E-state index >= 15 is 0 Å². The summed E-state index contributed by atoms with van der Waals surface area (Å²) in [6, 6.07) is 13.6. The first kappa shape index (κ1) is 29.4. The predicted octanol–water partition coefficient (Wildman–Crippen LogP) is 6.87. The fourth-order valence-electron chi connectivity index (χ4n) is 4.89. The number of unbranched alkanes of at least 4 members (excludes halogenated alkanes) is 1. The van der Waals surface area contributed by atoms with Crippen LogP contribution in [-0.2, 0) is 16.6 Å². The molecule has 0 spiro atoms. The summed E-state index contributed by atoms with van der Waals surface area (Å²) in [7, 11) is 0. The first-order chi connectivity index (χ1) is 16.6. The van der Waals surface area contributed by atoms with Crippen LogP contribution in [0.25, 0.3) is 0 Å². The summed E-state index contributed by atoms with van der Waals surface area (Å²) >= 11 is 0. The van der Waals surface area contributed by atoms with Gasteiger partial charge in [0.05, 0.1) is 12.7 Å². The molecule has 35 heavy (non-hydrogen) atoms. The van der Waals surface area contributed by atoms with Gasteiger partial charge in [0.1, 0.15) is 12.5 Å². The van der Waals surface area contributed by atoms with Crippen molar-refractivity contribution < 1.29 is 19.7 Å². The number of benzene rings is 2. The zero-order chi connectivity index (χ0) is 26.1. The molecule has 0 aliphatic rings. The average molecular weight is 485 g/mol. The Bertz CT molecular complexity index is 909. The van der Waals surface area contributed by atoms with Gasteiger partial charge in [0.2, 0.25) is 0 Å². The molecule has 2 aromatic rings. The van der Waals surface area contributed by atoms with Crippen molar-refractivity contribution in [2.24, 2.45) is 5.41 Å². The van der Waals surface area contributed by atoms with Crippen molar-refractivity contribution in [2.75, 3.05) is 20.0 Å². The lowest BCUT2D eigenvalue weighted by Crippen LogP contribution is -2.27. The quantitative estimate of drug-likeness (QED) is 0.227.